The molecule has 2 heterocycles. The molecule has 0 atom stereocenters. The minimum absolute atomic E-state index is 0.0795. The van der Waals surface area contributed by atoms with Crippen LogP contribution in [-0.2, 0) is 6.42 Å². The molecule has 0 radical (unpaired) electrons. The maximum Gasteiger partial charge on any atom is 0.461 e. The molecule has 1 N–H and O–H groups in total. The third-order valence-corrected chi connectivity index (χ3v) is 5.21. The van der Waals surface area contributed by atoms with Crippen molar-refractivity contribution in [3.8, 4) is 28.8 Å². The van der Waals surface area contributed by atoms with E-state index in [-0.39, 0.29) is 11.4 Å². The summed E-state index contributed by atoms with van der Waals surface area (Å²) in [7, 11) is 0. The molecule has 0 unspecified atom stereocenters. The number of aromatic nitrogens is 4. The van der Waals surface area contributed by atoms with Gasteiger partial charge in [-0.15, -0.1) is 0 Å². The van der Waals surface area contributed by atoms with Gasteiger partial charge in [-0.25, -0.2) is 19.9 Å². The average Bonchev–Trinajstić information content (AvgIpc) is 2.90. The normalized spacial score (nSPS) is 11.3. The van der Waals surface area contributed by atoms with Gasteiger partial charge in [-0.2, -0.15) is 17.6 Å². The molecule has 0 saturated heterocycles. The summed E-state index contributed by atoms with van der Waals surface area (Å²) in [4.78, 5) is 29.8. The van der Waals surface area contributed by atoms with E-state index < -0.39 is 24.2 Å². The zero-order chi connectivity index (χ0) is 27.3. The third kappa shape index (κ3) is 6.20. The molecule has 0 spiro atoms. The van der Waals surface area contributed by atoms with Gasteiger partial charge in [0, 0.05) is 29.9 Å². The average molecular weight is 527 g/mol. The second-order valence-corrected chi connectivity index (χ2v) is 7.96. The van der Waals surface area contributed by atoms with Crippen LogP contribution in [0.5, 0.6) is 17.4 Å². The van der Waals surface area contributed by atoms with Crippen LogP contribution in [-0.4, -0.2) is 38.4 Å². The maximum atomic E-state index is 13.2. The molecule has 0 bridgehead atoms. The lowest BCUT2D eigenvalue weighted by atomic mass is 10.1. The molecular weight excluding hydrogens is 506 g/mol. The van der Waals surface area contributed by atoms with Crippen LogP contribution in [0.15, 0.2) is 67.1 Å². The van der Waals surface area contributed by atoms with Crippen molar-refractivity contribution in [1.29, 1.82) is 0 Å². The van der Waals surface area contributed by atoms with Crippen molar-refractivity contribution in [2.24, 2.45) is 0 Å². The van der Waals surface area contributed by atoms with Crippen LogP contribution in [0.25, 0.3) is 11.4 Å². The van der Waals surface area contributed by atoms with E-state index in [9.17, 15) is 22.4 Å². The number of carbonyl (C=O) groups excluding carboxylic acids is 1. The topological polar surface area (TPSA) is 99.1 Å². The quantitative estimate of drug-likeness (QED) is 0.263. The second-order valence-electron chi connectivity index (χ2n) is 7.96. The second kappa shape index (κ2) is 11.2. The standard InChI is InChI=1S/C26H21F4N5O3/c1-3-21-32-14-33-22(35-21)19-8-5-11-31-24(19)37-20-13-17(10-9-15(20)2)34-23(36)16-6-4-7-18(12-16)38-26(29,30)25(27)28/h4-14,25H,3H2,1-2H3,(H,34,36). The summed E-state index contributed by atoms with van der Waals surface area (Å²) in [6, 6.07) is 12.9. The van der Waals surface area contributed by atoms with Gasteiger partial charge in [0.15, 0.2) is 5.82 Å². The van der Waals surface area contributed by atoms with Crippen LogP contribution >= 0.6 is 0 Å². The molecule has 0 saturated carbocycles. The van der Waals surface area contributed by atoms with Gasteiger partial charge in [-0.1, -0.05) is 19.1 Å². The highest BCUT2D eigenvalue weighted by Gasteiger charge is 2.44. The number of amides is 1. The lowest BCUT2D eigenvalue weighted by molar-refractivity contribution is -0.253. The Morgan fingerprint density at radius 3 is 2.63 bits per heavy atom. The van der Waals surface area contributed by atoms with Gasteiger partial charge in [-0.3, -0.25) is 4.79 Å². The van der Waals surface area contributed by atoms with Gasteiger partial charge >= 0.3 is 12.5 Å². The monoisotopic (exact) mass is 527 g/mol. The number of ether oxygens (including phenoxy) is 2. The molecule has 0 aliphatic carbocycles. The fraction of sp³-hybridized carbons (Fsp3) is 0.192. The Bertz CT molecular complexity index is 1450. The van der Waals surface area contributed by atoms with E-state index >= 15 is 0 Å². The van der Waals surface area contributed by atoms with Crippen LogP contribution in [0, 0.1) is 6.92 Å². The number of hydrogen-bond acceptors (Lipinski definition) is 7. The molecule has 1 amide bonds. The van der Waals surface area contributed by atoms with E-state index in [0.29, 0.717) is 35.1 Å². The maximum absolute atomic E-state index is 13.2. The molecule has 4 aromatic rings. The molecule has 196 valence electrons. The lowest BCUT2D eigenvalue weighted by Gasteiger charge is -2.17. The number of nitrogens with one attached hydrogen (secondary N) is 1. The number of alkyl halides is 4. The van der Waals surface area contributed by atoms with Gasteiger partial charge in [0.25, 0.3) is 5.91 Å². The molecule has 2 aromatic carbocycles. The van der Waals surface area contributed by atoms with Crippen molar-refractivity contribution in [3.63, 3.8) is 0 Å². The highest BCUT2D eigenvalue weighted by atomic mass is 19.3. The molecular formula is C26H21F4N5O3. The molecule has 0 fully saturated rings. The first-order chi connectivity index (χ1) is 18.2. The zero-order valence-corrected chi connectivity index (χ0v) is 20.2. The Morgan fingerprint density at radius 1 is 1.05 bits per heavy atom. The first kappa shape index (κ1) is 26.5. The van der Waals surface area contributed by atoms with Crippen molar-refractivity contribution in [2.45, 2.75) is 32.8 Å². The van der Waals surface area contributed by atoms with Crippen molar-refractivity contribution < 1.29 is 31.8 Å². The molecule has 4 rings (SSSR count). The highest BCUT2D eigenvalue weighted by molar-refractivity contribution is 6.04. The number of nitrogens with zero attached hydrogens (tertiary/aromatic N) is 4. The molecule has 12 heteroatoms. The third-order valence-electron chi connectivity index (χ3n) is 5.21. The number of carbonyl (C=O) groups is 1. The van der Waals surface area contributed by atoms with Gasteiger partial charge in [0.2, 0.25) is 5.88 Å². The number of pyridine rings is 1. The van der Waals surface area contributed by atoms with Crippen molar-refractivity contribution in [2.75, 3.05) is 5.32 Å². The van der Waals surface area contributed by atoms with Crippen molar-refractivity contribution in [3.05, 3.63) is 84.1 Å². The van der Waals surface area contributed by atoms with Crippen LogP contribution in [0.4, 0.5) is 23.2 Å². The first-order valence-corrected chi connectivity index (χ1v) is 11.3. The van der Waals surface area contributed by atoms with E-state index in [1.165, 1.54) is 18.5 Å². The minimum Gasteiger partial charge on any atom is -0.438 e. The Morgan fingerprint density at radius 2 is 1.87 bits per heavy atom. The summed E-state index contributed by atoms with van der Waals surface area (Å²) < 4.78 is 61.5. The van der Waals surface area contributed by atoms with Gasteiger partial charge < -0.3 is 14.8 Å². The molecule has 2 aromatic heterocycles. The minimum atomic E-state index is -4.69. The number of anilines is 1. The Kier molecular flexibility index (Phi) is 7.79. The summed E-state index contributed by atoms with van der Waals surface area (Å²) in [6.07, 6.45) is -5.13. The predicted octanol–water partition coefficient (Wildman–Crippen LogP) is 6.09. The van der Waals surface area contributed by atoms with E-state index in [1.807, 2.05) is 6.92 Å². The van der Waals surface area contributed by atoms with E-state index in [4.69, 9.17) is 4.74 Å². The Balaban J connectivity index is 1.55. The SMILES string of the molecule is CCc1ncnc(-c2cccnc2Oc2cc(NC(=O)c3cccc(OC(F)(F)C(F)F)c3)ccc2C)n1. The molecule has 0 aliphatic heterocycles. The smallest absolute Gasteiger partial charge is 0.438 e. The summed E-state index contributed by atoms with van der Waals surface area (Å²) in [5, 5.41) is 2.62. The zero-order valence-electron chi connectivity index (χ0n) is 20.2. The fourth-order valence-corrected chi connectivity index (χ4v) is 3.27. The summed E-state index contributed by atoms with van der Waals surface area (Å²) in [5.41, 5.74) is 1.51. The summed E-state index contributed by atoms with van der Waals surface area (Å²) >= 11 is 0. The van der Waals surface area contributed by atoms with Crippen LogP contribution in [0.1, 0.15) is 28.7 Å². The lowest BCUT2D eigenvalue weighted by Crippen LogP contribution is -2.33. The van der Waals surface area contributed by atoms with E-state index in [2.05, 4.69) is 30.0 Å². The highest BCUT2D eigenvalue weighted by Crippen LogP contribution is 2.33. The van der Waals surface area contributed by atoms with Crippen LogP contribution in [0.3, 0.4) is 0 Å². The summed E-state index contributed by atoms with van der Waals surface area (Å²) in [6.45, 7) is 3.72. The van der Waals surface area contributed by atoms with Crippen molar-refractivity contribution >= 4 is 11.6 Å². The number of halogens is 4. The Hall–Kier alpha value is -4.61. The first-order valence-electron chi connectivity index (χ1n) is 11.3. The largest absolute Gasteiger partial charge is 0.461 e. The van der Waals surface area contributed by atoms with E-state index in [0.717, 1.165) is 17.7 Å². The van der Waals surface area contributed by atoms with Crippen molar-refractivity contribution in [1.82, 2.24) is 19.9 Å². The molecule has 8 nitrogen and oxygen atoms in total. The number of hydrogen-bond donors (Lipinski definition) is 1. The number of aryl methyl sites for hydroxylation is 2. The van der Waals surface area contributed by atoms with E-state index in [1.54, 1.807) is 43.5 Å². The number of benzene rings is 2. The van der Waals surface area contributed by atoms with Gasteiger partial charge in [-0.05, 0) is 48.9 Å². The van der Waals surface area contributed by atoms with Crippen LogP contribution in [0.2, 0.25) is 0 Å². The van der Waals surface area contributed by atoms with Gasteiger partial charge in [0.1, 0.15) is 23.7 Å². The number of rotatable bonds is 9. The molecule has 38 heavy (non-hydrogen) atoms. The van der Waals surface area contributed by atoms with Gasteiger partial charge in [0.05, 0.1) is 5.56 Å². The van der Waals surface area contributed by atoms with Crippen LogP contribution < -0.4 is 14.8 Å². The fourth-order valence-electron chi connectivity index (χ4n) is 3.27. The predicted molar refractivity (Wildman–Crippen MR) is 130 cm³/mol. The molecule has 0 aliphatic rings. The Labute approximate surface area is 214 Å². The summed E-state index contributed by atoms with van der Waals surface area (Å²) in [5.74, 6) is 0.350.